The van der Waals surface area contributed by atoms with E-state index in [2.05, 4.69) is 15.6 Å². The number of halogens is 2. The molecule has 0 saturated carbocycles. The van der Waals surface area contributed by atoms with Gasteiger partial charge in [-0.3, -0.25) is 4.99 Å². The molecule has 1 heterocycles. The quantitative estimate of drug-likeness (QED) is 0.586. The molecule has 2 N–H and O–H groups in total. The van der Waals surface area contributed by atoms with Gasteiger partial charge in [0, 0.05) is 30.7 Å². The van der Waals surface area contributed by atoms with E-state index in [1.54, 1.807) is 7.05 Å². The molecule has 0 aliphatic carbocycles. The number of nitrogens with zero attached hydrogens (tertiary/aromatic N) is 1. The van der Waals surface area contributed by atoms with Crippen molar-refractivity contribution in [1.29, 1.82) is 0 Å². The van der Waals surface area contributed by atoms with Gasteiger partial charge in [0.2, 0.25) is 0 Å². The topological polar surface area (TPSA) is 54.9 Å². The zero-order valence-electron chi connectivity index (χ0n) is 15.2. The Morgan fingerprint density at radius 2 is 2.00 bits per heavy atom. The fourth-order valence-corrected chi connectivity index (χ4v) is 3.21. The molecular weight excluding hydrogens is 369 g/mol. The number of ether oxygens (including phenoxy) is 2. The number of benzene rings is 2. The second-order valence-corrected chi connectivity index (χ2v) is 6.66. The van der Waals surface area contributed by atoms with Gasteiger partial charge in [0.15, 0.2) is 12.8 Å². The van der Waals surface area contributed by atoms with E-state index >= 15 is 0 Å². The van der Waals surface area contributed by atoms with Gasteiger partial charge in [-0.25, -0.2) is 4.39 Å². The number of rotatable bonds is 6. The molecule has 0 radical (unpaired) electrons. The molecule has 2 aromatic carbocycles. The number of hydrogen-bond donors (Lipinski definition) is 2. The summed E-state index contributed by atoms with van der Waals surface area (Å²) in [6.45, 7) is 1.92. The highest BCUT2D eigenvalue weighted by molar-refractivity contribution is 6.30. The van der Waals surface area contributed by atoms with Crippen molar-refractivity contribution in [1.82, 2.24) is 10.6 Å². The maximum Gasteiger partial charge on any atom is 0.190 e. The fraction of sp³-hybridized carbons (Fsp3) is 0.350. The van der Waals surface area contributed by atoms with Gasteiger partial charge >= 0.3 is 0 Å². The van der Waals surface area contributed by atoms with Crippen LogP contribution in [-0.2, 0) is 24.2 Å². The van der Waals surface area contributed by atoms with Crippen LogP contribution in [0.2, 0.25) is 5.02 Å². The maximum absolute atomic E-state index is 13.8. The summed E-state index contributed by atoms with van der Waals surface area (Å²) in [6, 6.07) is 10.8. The molecule has 7 heteroatoms. The number of fused-ring (bicyclic) bond motifs is 1. The molecule has 0 atom stereocenters. The summed E-state index contributed by atoms with van der Waals surface area (Å²) in [6.07, 6.45) is 1.46. The highest BCUT2D eigenvalue weighted by atomic mass is 35.5. The first-order chi connectivity index (χ1) is 13.2. The molecule has 2 aromatic rings. The molecule has 5 nitrogen and oxygen atoms in total. The molecule has 1 aliphatic heterocycles. The van der Waals surface area contributed by atoms with E-state index < -0.39 is 0 Å². The van der Waals surface area contributed by atoms with E-state index in [-0.39, 0.29) is 12.6 Å². The number of nitrogens with one attached hydrogen (secondary N) is 2. The van der Waals surface area contributed by atoms with Gasteiger partial charge in [0.1, 0.15) is 11.6 Å². The normalized spacial score (nSPS) is 13.7. The van der Waals surface area contributed by atoms with Gasteiger partial charge in [0.05, 0.1) is 6.61 Å². The molecule has 0 bridgehead atoms. The summed E-state index contributed by atoms with van der Waals surface area (Å²) >= 11 is 6.00. The Kier molecular flexibility index (Phi) is 6.90. The third kappa shape index (κ3) is 5.58. The summed E-state index contributed by atoms with van der Waals surface area (Å²) in [7, 11) is 1.72. The summed E-state index contributed by atoms with van der Waals surface area (Å²) in [5.74, 6) is 1.15. The van der Waals surface area contributed by atoms with Crippen LogP contribution in [0.5, 0.6) is 5.75 Å². The van der Waals surface area contributed by atoms with E-state index in [1.165, 1.54) is 12.1 Å². The first kappa shape index (κ1) is 19.5. The van der Waals surface area contributed by atoms with Crippen LogP contribution >= 0.6 is 11.6 Å². The minimum absolute atomic E-state index is 0.200. The zero-order chi connectivity index (χ0) is 19.1. The summed E-state index contributed by atoms with van der Waals surface area (Å²) in [4.78, 5) is 4.22. The van der Waals surface area contributed by atoms with Gasteiger partial charge < -0.3 is 20.1 Å². The molecule has 27 heavy (non-hydrogen) atoms. The first-order valence-corrected chi connectivity index (χ1v) is 9.24. The van der Waals surface area contributed by atoms with Gasteiger partial charge in [-0.2, -0.15) is 0 Å². The molecule has 0 unspecified atom stereocenters. The number of guanidine groups is 1. The molecule has 0 fully saturated rings. The Morgan fingerprint density at radius 3 is 2.78 bits per heavy atom. The van der Waals surface area contributed by atoms with Crippen LogP contribution in [0.4, 0.5) is 4.39 Å². The highest BCUT2D eigenvalue weighted by Gasteiger charge is 2.16. The van der Waals surface area contributed by atoms with Crippen LogP contribution in [0, 0.1) is 5.82 Å². The lowest BCUT2D eigenvalue weighted by Crippen LogP contribution is -2.39. The maximum atomic E-state index is 13.8. The predicted octanol–water partition coefficient (Wildman–Crippen LogP) is 3.30. The van der Waals surface area contributed by atoms with Gasteiger partial charge in [-0.05, 0) is 48.2 Å². The highest BCUT2D eigenvalue weighted by Crippen LogP contribution is 2.29. The largest absolute Gasteiger partial charge is 0.467 e. The van der Waals surface area contributed by atoms with Crippen LogP contribution < -0.4 is 15.4 Å². The Hall–Kier alpha value is -2.31. The monoisotopic (exact) mass is 391 g/mol. The van der Waals surface area contributed by atoms with Crippen molar-refractivity contribution in [2.75, 3.05) is 26.9 Å². The Morgan fingerprint density at radius 1 is 1.19 bits per heavy atom. The summed E-state index contributed by atoms with van der Waals surface area (Å²) in [5, 5.41) is 7.25. The van der Waals surface area contributed by atoms with Crippen molar-refractivity contribution in [2.24, 2.45) is 4.99 Å². The second kappa shape index (κ2) is 9.58. The van der Waals surface area contributed by atoms with Crippen molar-refractivity contribution in [3.8, 4) is 5.75 Å². The van der Waals surface area contributed by atoms with Gasteiger partial charge in [0.25, 0.3) is 0 Å². The minimum atomic E-state index is -0.276. The smallest absolute Gasteiger partial charge is 0.190 e. The van der Waals surface area contributed by atoms with Crippen LogP contribution in [0.15, 0.2) is 41.4 Å². The molecule has 0 saturated heterocycles. The minimum Gasteiger partial charge on any atom is -0.467 e. The van der Waals surface area contributed by atoms with Crippen LogP contribution in [-0.4, -0.2) is 32.9 Å². The number of aliphatic imine (C=N–C) groups is 1. The Labute approximate surface area is 163 Å². The van der Waals surface area contributed by atoms with Crippen molar-refractivity contribution >= 4 is 17.6 Å². The lowest BCUT2D eigenvalue weighted by atomic mass is 10.1. The fourth-order valence-electron chi connectivity index (χ4n) is 3.00. The van der Waals surface area contributed by atoms with Crippen molar-refractivity contribution in [3.05, 3.63) is 63.9 Å². The summed E-state index contributed by atoms with van der Waals surface area (Å²) in [5.41, 5.74) is 2.74. The van der Waals surface area contributed by atoms with E-state index in [0.29, 0.717) is 25.5 Å². The molecule has 0 spiro atoms. The van der Waals surface area contributed by atoms with E-state index in [9.17, 15) is 4.39 Å². The lowest BCUT2D eigenvalue weighted by molar-refractivity contribution is -0.0172. The molecule has 3 rings (SSSR count). The lowest BCUT2D eigenvalue weighted by Gasteiger charge is -2.21. The average Bonchev–Trinajstić information content (AvgIpc) is 2.66. The average molecular weight is 392 g/mol. The van der Waals surface area contributed by atoms with Crippen molar-refractivity contribution in [2.45, 2.75) is 19.4 Å². The molecule has 1 aliphatic rings. The van der Waals surface area contributed by atoms with Crippen molar-refractivity contribution < 1.29 is 13.9 Å². The zero-order valence-corrected chi connectivity index (χ0v) is 16.0. The molecule has 0 amide bonds. The van der Waals surface area contributed by atoms with Crippen molar-refractivity contribution in [3.63, 3.8) is 0 Å². The second-order valence-electron chi connectivity index (χ2n) is 6.22. The van der Waals surface area contributed by atoms with Crippen LogP contribution in [0.1, 0.15) is 16.7 Å². The van der Waals surface area contributed by atoms with Gasteiger partial charge in [-0.1, -0.05) is 23.7 Å². The van der Waals surface area contributed by atoms with Crippen LogP contribution in [0.3, 0.4) is 0 Å². The van der Waals surface area contributed by atoms with Crippen LogP contribution in [0.25, 0.3) is 0 Å². The molecular formula is C20H23ClFN3O2. The Bertz CT molecular complexity index is 814. The third-order valence-electron chi connectivity index (χ3n) is 4.26. The van der Waals surface area contributed by atoms with Gasteiger partial charge in [-0.15, -0.1) is 0 Å². The number of hydrogen-bond acceptors (Lipinski definition) is 3. The standard InChI is InChI=1S/C20H23ClFN3O2/c1-23-20(24-7-5-14-3-2-4-17(21)9-14)25-8-6-15-10-18(22)11-16-12-26-13-27-19(15)16/h2-4,9-11H,5-8,12-13H2,1H3,(H2,23,24,25). The van der Waals surface area contributed by atoms with E-state index in [0.717, 1.165) is 40.4 Å². The Balaban J connectivity index is 1.48. The first-order valence-electron chi connectivity index (χ1n) is 8.86. The van der Waals surface area contributed by atoms with E-state index in [4.69, 9.17) is 21.1 Å². The predicted molar refractivity (Wildman–Crippen MR) is 105 cm³/mol. The molecule has 144 valence electrons. The SMILES string of the molecule is CN=C(NCCc1cccc(Cl)c1)NCCc1cc(F)cc2c1OCOC2. The summed E-state index contributed by atoms with van der Waals surface area (Å²) < 4.78 is 24.5. The molecule has 0 aromatic heterocycles. The van der Waals surface area contributed by atoms with E-state index in [1.807, 2.05) is 24.3 Å². The third-order valence-corrected chi connectivity index (χ3v) is 4.49.